The molecule has 0 spiro atoms. The second-order valence-electron chi connectivity index (χ2n) is 1.50. The summed E-state index contributed by atoms with van der Waals surface area (Å²) >= 11 is 5.12. The molecule has 0 rings (SSSR count). The molecule has 0 aromatic rings. The first-order chi connectivity index (χ1) is 3.95. The average Bonchev–Trinajstić information content (AvgIpc) is 1.62. The number of hydrogen-bond donors (Lipinski definition) is 1. The predicted molar refractivity (Wildman–Crippen MR) is 31.3 cm³/mol. The molecular weight excluding hydrogens is 207 g/mol. The second-order valence-corrected chi connectivity index (χ2v) is 3.57. The van der Waals surface area contributed by atoms with Crippen LogP contribution < -0.4 is 51.4 Å². The zero-order valence-corrected chi connectivity index (χ0v) is 10.1. The molecular formula is C3H6ClKO4S. The van der Waals surface area contributed by atoms with Crippen molar-refractivity contribution in [1.82, 2.24) is 0 Å². The Morgan fingerprint density at radius 1 is 1.60 bits per heavy atom. The van der Waals surface area contributed by atoms with Crippen LogP contribution in [0.4, 0.5) is 0 Å². The zero-order valence-electron chi connectivity index (χ0n) is 5.45. The Bertz CT molecular complexity index is 167. The molecule has 56 valence electrons. The molecule has 0 saturated carbocycles. The molecule has 0 aliphatic carbocycles. The molecule has 0 amide bonds. The van der Waals surface area contributed by atoms with Gasteiger partial charge < -0.3 is 9.66 Å². The standard InChI is InChI=1S/C3H7ClO4S.K/c4-3(1-5)2-9(6,7)8;/h3,5H,1-2H2,(H,6,7,8);/q;+1/p-1. The Morgan fingerprint density at radius 3 is 2.10 bits per heavy atom. The van der Waals surface area contributed by atoms with Gasteiger partial charge in [0.25, 0.3) is 0 Å². The number of hydrogen-bond acceptors (Lipinski definition) is 4. The molecule has 0 aromatic carbocycles. The fraction of sp³-hybridized carbons (Fsp3) is 1.00. The molecule has 0 radical (unpaired) electrons. The first-order valence-electron chi connectivity index (χ1n) is 2.14. The Labute approximate surface area is 107 Å². The fourth-order valence-corrected chi connectivity index (χ4v) is 1.29. The third kappa shape index (κ3) is 9.80. The van der Waals surface area contributed by atoms with E-state index in [0.29, 0.717) is 0 Å². The second kappa shape index (κ2) is 6.33. The first kappa shape index (κ1) is 14.3. The van der Waals surface area contributed by atoms with E-state index in [2.05, 4.69) is 0 Å². The van der Waals surface area contributed by atoms with Crippen LogP contribution in [0.1, 0.15) is 0 Å². The van der Waals surface area contributed by atoms with Gasteiger partial charge in [-0.15, -0.1) is 11.6 Å². The minimum absolute atomic E-state index is 0. The third-order valence-corrected chi connectivity index (χ3v) is 1.87. The van der Waals surface area contributed by atoms with Gasteiger partial charge in [0.05, 0.1) is 27.9 Å². The number of alkyl halides is 1. The van der Waals surface area contributed by atoms with E-state index in [1.807, 2.05) is 0 Å². The van der Waals surface area contributed by atoms with E-state index in [1.165, 1.54) is 0 Å². The van der Waals surface area contributed by atoms with E-state index < -0.39 is 27.9 Å². The van der Waals surface area contributed by atoms with Gasteiger partial charge in [-0.1, -0.05) is 0 Å². The predicted octanol–water partition coefficient (Wildman–Crippen LogP) is -3.86. The van der Waals surface area contributed by atoms with Crippen LogP contribution in [0, 0.1) is 0 Å². The maximum atomic E-state index is 9.85. The molecule has 4 nitrogen and oxygen atoms in total. The van der Waals surface area contributed by atoms with Crippen LogP contribution >= 0.6 is 11.6 Å². The molecule has 10 heavy (non-hydrogen) atoms. The van der Waals surface area contributed by atoms with Crippen molar-refractivity contribution in [2.24, 2.45) is 0 Å². The number of aliphatic hydroxyl groups is 1. The van der Waals surface area contributed by atoms with Crippen LogP contribution in [-0.4, -0.2) is 35.8 Å². The summed E-state index contributed by atoms with van der Waals surface area (Å²) in [6.45, 7) is -0.497. The van der Waals surface area contributed by atoms with Crippen molar-refractivity contribution in [2.75, 3.05) is 12.4 Å². The van der Waals surface area contributed by atoms with Crippen molar-refractivity contribution < 1.29 is 69.5 Å². The molecule has 7 heteroatoms. The van der Waals surface area contributed by atoms with Crippen LogP contribution in [0.5, 0.6) is 0 Å². The van der Waals surface area contributed by atoms with Crippen molar-refractivity contribution in [3.05, 3.63) is 0 Å². The summed E-state index contributed by atoms with van der Waals surface area (Å²) in [7, 11) is -4.28. The van der Waals surface area contributed by atoms with Crippen molar-refractivity contribution >= 4 is 21.7 Å². The molecule has 0 saturated heterocycles. The van der Waals surface area contributed by atoms with Gasteiger partial charge in [0.1, 0.15) is 0 Å². The van der Waals surface area contributed by atoms with E-state index in [-0.39, 0.29) is 51.4 Å². The van der Waals surface area contributed by atoms with Gasteiger partial charge >= 0.3 is 51.4 Å². The molecule has 1 unspecified atom stereocenters. The maximum absolute atomic E-state index is 9.85. The van der Waals surface area contributed by atoms with E-state index in [4.69, 9.17) is 16.7 Å². The first-order valence-corrected chi connectivity index (χ1v) is 4.15. The van der Waals surface area contributed by atoms with Gasteiger partial charge in [-0.25, -0.2) is 8.42 Å². The van der Waals surface area contributed by atoms with Crippen LogP contribution in [-0.2, 0) is 10.1 Å². The Hall–Kier alpha value is 1.80. The number of rotatable bonds is 3. The number of halogens is 1. The van der Waals surface area contributed by atoms with Crippen molar-refractivity contribution in [2.45, 2.75) is 5.38 Å². The molecule has 0 aromatic heterocycles. The summed E-state index contributed by atoms with van der Waals surface area (Å²) in [5, 5.41) is 7.18. The van der Waals surface area contributed by atoms with Crippen molar-refractivity contribution in [3.8, 4) is 0 Å². The molecule has 1 atom stereocenters. The minimum atomic E-state index is -4.28. The normalized spacial score (nSPS) is 13.9. The van der Waals surface area contributed by atoms with Gasteiger partial charge in [-0.05, 0) is 0 Å². The molecule has 1 N–H and O–H groups in total. The monoisotopic (exact) mass is 212 g/mol. The van der Waals surface area contributed by atoms with E-state index in [1.54, 1.807) is 0 Å². The smallest absolute Gasteiger partial charge is 0.748 e. The average molecular weight is 213 g/mol. The van der Waals surface area contributed by atoms with E-state index in [0.717, 1.165) is 0 Å². The zero-order chi connectivity index (χ0) is 7.49. The number of aliphatic hydroxyl groups excluding tert-OH is 1. The van der Waals surface area contributed by atoms with E-state index in [9.17, 15) is 13.0 Å². The molecule has 0 bridgehead atoms. The summed E-state index contributed by atoms with van der Waals surface area (Å²) in [5.74, 6) is -0.717. The van der Waals surface area contributed by atoms with Gasteiger partial charge in [-0.2, -0.15) is 0 Å². The van der Waals surface area contributed by atoms with Gasteiger partial charge in [0, 0.05) is 0 Å². The SMILES string of the molecule is O=S(=O)([O-])CC(Cl)CO.[K+]. The summed E-state index contributed by atoms with van der Waals surface area (Å²) in [4.78, 5) is 0. The molecule has 0 fully saturated rings. The molecule has 0 aliphatic heterocycles. The Kier molecular flexibility index (Phi) is 9.07. The third-order valence-electron chi connectivity index (χ3n) is 0.583. The van der Waals surface area contributed by atoms with Crippen LogP contribution in [0.15, 0.2) is 0 Å². The van der Waals surface area contributed by atoms with Gasteiger partial charge in [0.15, 0.2) is 0 Å². The van der Waals surface area contributed by atoms with Gasteiger partial charge in [0.2, 0.25) is 0 Å². The largest absolute Gasteiger partial charge is 1.00 e. The molecule has 0 heterocycles. The van der Waals surface area contributed by atoms with Gasteiger partial charge in [-0.3, -0.25) is 0 Å². The Morgan fingerprint density at radius 2 is 2.00 bits per heavy atom. The summed E-state index contributed by atoms with van der Waals surface area (Å²) in [6.07, 6.45) is 0. The van der Waals surface area contributed by atoms with Crippen LogP contribution in [0.3, 0.4) is 0 Å². The summed E-state index contributed by atoms with van der Waals surface area (Å²) < 4.78 is 29.5. The van der Waals surface area contributed by atoms with E-state index >= 15 is 0 Å². The van der Waals surface area contributed by atoms with Crippen molar-refractivity contribution in [3.63, 3.8) is 0 Å². The minimum Gasteiger partial charge on any atom is -0.748 e. The fourth-order valence-electron chi connectivity index (χ4n) is 0.274. The van der Waals surface area contributed by atoms with Crippen LogP contribution in [0.2, 0.25) is 0 Å². The quantitative estimate of drug-likeness (QED) is 0.295. The maximum Gasteiger partial charge on any atom is 1.00 e. The van der Waals surface area contributed by atoms with Crippen molar-refractivity contribution in [1.29, 1.82) is 0 Å². The molecule has 0 aliphatic rings. The summed E-state index contributed by atoms with van der Waals surface area (Å²) in [6, 6.07) is 0. The van der Waals surface area contributed by atoms with Crippen LogP contribution in [0.25, 0.3) is 0 Å². The topological polar surface area (TPSA) is 77.4 Å². The summed E-state index contributed by atoms with van der Waals surface area (Å²) in [5.41, 5.74) is 0. The Balaban J connectivity index is 0.